The normalized spacial score (nSPS) is 17.3. The second kappa shape index (κ2) is 7.38. The van der Waals surface area contributed by atoms with Crippen LogP contribution in [0.4, 0.5) is 10.1 Å². The molecule has 1 saturated heterocycles. The molecule has 116 valence electrons. The number of anilines is 1. The molecule has 1 atom stereocenters. The van der Waals surface area contributed by atoms with Crippen LogP contribution in [-0.2, 0) is 4.74 Å². The molecule has 1 aliphatic heterocycles. The summed E-state index contributed by atoms with van der Waals surface area (Å²) in [4.78, 5) is 14.5. The fourth-order valence-electron chi connectivity index (χ4n) is 2.49. The third kappa shape index (κ3) is 4.15. The number of morpholine rings is 1. The van der Waals surface area contributed by atoms with Crippen molar-refractivity contribution in [1.82, 2.24) is 10.2 Å². The summed E-state index contributed by atoms with van der Waals surface area (Å²) in [6.45, 7) is 5.93. The van der Waals surface area contributed by atoms with E-state index in [9.17, 15) is 9.18 Å². The zero-order valence-corrected chi connectivity index (χ0v) is 12.5. The van der Waals surface area contributed by atoms with Crippen molar-refractivity contribution < 1.29 is 13.9 Å². The van der Waals surface area contributed by atoms with E-state index >= 15 is 0 Å². The van der Waals surface area contributed by atoms with Crippen LogP contribution in [0.15, 0.2) is 18.2 Å². The van der Waals surface area contributed by atoms with Crippen molar-refractivity contribution in [3.05, 3.63) is 29.6 Å². The van der Waals surface area contributed by atoms with Crippen LogP contribution >= 0.6 is 0 Å². The molecule has 0 aromatic heterocycles. The fourth-order valence-corrected chi connectivity index (χ4v) is 2.49. The minimum Gasteiger partial charge on any atom is -0.385 e. The molecule has 1 heterocycles. The van der Waals surface area contributed by atoms with Crippen LogP contribution in [0, 0.1) is 5.82 Å². The van der Waals surface area contributed by atoms with E-state index in [4.69, 9.17) is 4.74 Å². The Labute approximate surface area is 124 Å². The van der Waals surface area contributed by atoms with Crippen molar-refractivity contribution in [2.75, 3.05) is 45.2 Å². The summed E-state index contributed by atoms with van der Waals surface area (Å²) < 4.78 is 19.0. The van der Waals surface area contributed by atoms with E-state index in [1.165, 1.54) is 12.1 Å². The summed E-state index contributed by atoms with van der Waals surface area (Å²) in [7, 11) is 1.60. The molecule has 0 radical (unpaired) electrons. The average Bonchev–Trinajstić information content (AvgIpc) is 2.47. The second-order valence-electron chi connectivity index (χ2n) is 5.20. The maximum Gasteiger partial charge on any atom is 0.253 e. The Morgan fingerprint density at radius 3 is 2.81 bits per heavy atom. The molecular weight excluding hydrogens is 273 g/mol. The van der Waals surface area contributed by atoms with Crippen LogP contribution in [-0.4, -0.2) is 56.7 Å². The molecule has 1 aromatic carbocycles. The highest BCUT2D eigenvalue weighted by atomic mass is 19.1. The Kier molecular flexibility index (Phi) is 5.52. The van der Waals surface area contributed by atoms with E-state index in [1.807, 2.05) is 6.92 Å². The highest BCUT2D eigenvalue weighted by Crippen LogP contribution is 2.19. The first-order valence-corrected chi connectivity index (χ1v) is 7.19. The highest BCUT2D eigenvalue weighted by molar-refractivity contribution is 5.99. The zero-order valence-electron chi connectivity index (χ0n) is 12.5. The number of nitrogens with one attached hydrogen (secondary N) is 2. The first kappa shape index (κ1) is 15.7. The molecule has 2 rings (SSSR count). The van der Waals surface area contributed by atoms with E-state index in [2.05, 4.69) is 15.5 Å². The van der Waals surface area contributed by atoms with Crippen LogP contribution in [0.3, 0.4) is 0 Å². The molecule has 0 bridgehead atoms. The van der Waals surface area contributed by atoms with Crippen LogP contribution in [0.25, 0.3) is 0 Å². The van der Waals surface area contributed by atoms with Gasteiger partial charge in [-0.2, -0.15) is 0 Å². The van der Waals surface area contributed by atoms with Crippen LogP contribution in [0.5, 0.6) is 0 Å². The first-order chi connectivity index (χ1) is 10.1. The predicted molar refractivity (Wildman–Crippen MR) is 80.1 cm³/mol. The van der Waals surface area contributed by atoms with Crippen molar-refractivity contribution >= 4 is 11.6 Å². The number of nitrogens with zero attached hydrogens (tertiary/aromatic N) is 1. The largest absolute Gasteiger partial charge is 0.385 e. The fraction of sp³-hybridized carbons (Fsp3) is 0.533. The number of hydrogen-bond acceptors (Lipinski definition) is 4. The van der Waals surface area contributed by atoms with Gasteiger partial charge in [-0.25, -0.2) is 4.39 Å². The summed E-state index contributed by atoms with van der Waals surface area (Å²) in [5, 5.41) is 5.65. The molecule has 6 heteroatoms. The Morgan fingerprint density at radius 2 is 2.14 bits per heavy atom. The van der Waals surface area contributed by atoms with Gasteiger partial charge in [-0.05, 0) is 19.1 Å². The molecule has 21 heavy (non-hydrogen) atoms. The van der Waals surface area contributed by atoms with Crippen molar-refractivity contribution in [2.45, 2.75) is 13.0 Å². The summed E-state index contributed by atoms with van der Waals surface area (Å²) in [6, 6.07) is 4.48. The lowest BCUT2D eigenvalue weighted by molar-refractivity contribution is 0.0342. The minimum atomic E-state index is -0.425. The van der Waals surface area contributed by atoms with Crippen LogP contribution < -0.4 is 10.6 Å². The maximum absolute atomic E-state index is 13.7. The Bertz CT molecular complexity index is 490. The van der Waals surface area contributed by atoms with E-state index in [0.29, 0.717) is 5.56 Å². The number of para-hydroxylation sites is 1. The third-order valence-corrected chi connectivity index (χ3v) is 3.52. The van der Waals surface area contributed by atoms with Gasteiger partial charge in [0.1, 0.15) is 5.82 Å². The van der Waals surface area contributed by atoms with Gasteiger partial charge in [0.05, 0.1) is 24.5 Å². The second-order valence-corrected chi connectivity index (χ2v) is 5.20. The van der Waals surface area contributed by atoms with E-state index in [0.717, 1.165) is 32.8 Å². The summed E-state index contributed by atoms with van der Waals surface area (Å²) in [5.74, 6) is -0.689. The number of ether oxygens (including phenoxy) is 1. The van der Waals surface area contributed by atoms with Crippen molar-refractivity contribution in [1.29, 1.82) is 0 Å². The predicted octanol–water partition coefficient (Wildman–Crippen LogP) is 1.32. The molecule has 0 aliphatic carbocycles. The lowest BCUT2D eigenvalue weighted by atomic mass is 10.1. The standard InChI is InChI=1S/C15H22FN3O2/c1-11(10-19-6-8-21-9-7-19)18-15(20)12-4-3-5-13(16)14(12)17-2/h3-5,11,17H,6-10H2,1-2H3,(H,18,20). The van der Waals surface area contributed by atoms with Gasteiger partial charge in [0.2, 0.25) is 0 Å². The number of halogens is 1. The van der Waals surface area contributed by atoms with Gasteiger partial charge in [0, 0.05) is 32.7 Å². The molecule has 1 fully saturated rings. The first-order valence-electron chi connectivity index (χ1n) is 7.19. The minimum absolute atomic E-state index is 0.0106. The van der Waals surface area contributed by atoms with Gasteiger partial charge >= 0.3 is 0 Å². The third-order valence-electron chi connectivity index (χ3n) is 3.52. The number of carbonyl (C=O) groups excluding carboxylic acids is 1. The lowest BCUT2D eigenvalue weighted by Crippen LogP contribution is -2.46. The van der Waals surface area contributed by atoms with E-state index in [-0.39, 0.29) is 17.6 Å². The SMILES string of the molecule is CNc1c(F)cccc1C(=O)NC(C)CN1CCOCC1. The number of rotatable bonds is 5. The van der Waals surface area contributed by atoms with Crippen LogP contribution in [0.2, 0.25) is 0 Å². The Morgan fingerprint density at radius 1 is 1.43 bits per heavy atom. The monoisotopic (exact) mass is 295 g/mol. The molecule has 1 amide bonds. The van der Waals surface area contributed by atoms with Gasteiger partial charge in [0.25, 0.3) is 5.91 Å². The van der Waals surface area contributed by atoms with E-state index < -0.39 is 5.82 Å². The van der Waals surface area contributed by atoms with Gasteiger partial charge in [-0.1, -0.05) is 6.07 Å². The molecule has 1 unspecified atom stereocenters. The molecule has 5 nitrogen and oxygen atoms in total. The van der Waals surface area contributed by atoms with Gasteiger partial charge in [0.15, 0.2) is 0 Å². The molecular formula is C15H22FN3O2. The zero-order chi connectivity index (χ0) is 15.2. The van der Waals surface area contributed by atoms with Crippen LogP contribution in [0.1, 0.15) is 17.3 Å². The average molecular weight is 295 g/mol. The lowest BCUT2D eigenvalue weighted by Gasteiger charge is -2.29. The van der Waals surface area contributed by atoms with E-state index in [1.54, 1.807) is 13.1 Å². The van der Waals surface area contributed by atoms with Crippen molar-refractivity contribution in [2.24, 2.45) is 0 Å². The Balaban J connectivity index is 1.95. The molecule has 1 aromatic rings. The molecule has 0 saturated carbocycles. The number of hydrogen-bond donors (Lipinski definition) is 2. The summed E-state index contributed by atoms with van der Waals surface area (Å²) in [5.41, 5.74) is 0.555. The quantitative estimate of drug-likeness (QED) is 0.860. The number of carbonyl (C=O) groups is 1. The van der Waals surface area contributed by atoms with Crippen molar-refractivity contribution in [3.63, 3.8) is 0 Å². The van der Waals surface area contributed by atoms with Gasteiger partial charge < -0.3 is 15.4 Å². The smallest absolute Gasteiger partial charge is 0.253 e. The van der Waals surface area contributed by atoms with Gasteiger partial charge in [-0.3, -0.25) is 9.69 Å². The molecule has 1 aliphatic rings. The molecule has 2 N–H and O–H groups in total. The maximum atomic E-state index is 13.7. The Hall–Kier alpha value is -1.66. The number of amides is 1. The van der Waals surface area contributed by atoms with Gasteiger partial charge in [-0.15, -0.1) is 0 Å². The number of benzene rings is 1. The summed E-state index contributed by atoms with van der Waals surface area (Å²) >= 11 is 0. The van der Waals surface area contributed by atoms with Crippen molar-refractivity contribution in [3.8, 4) is 0 Å². The summed E-state index contributed by atoms with van der Waals surface area (Å²) in [6.07, 6.45) is 0. The molecule has 0 spiro atoms. The highest BCUT2D eigenvalue weighted by Gasteiger charge is 2.18. The topological polar surface area (TPSA) is 53.6 Å².